The number of aromatic nitrogens is 1. The molecule has 118 valence electrons. The number of pyridine rings is 1. The van der Waals surface area contributed by atoms with E-state index >= 15 is 0 Å². The second-order valence-electron chi connectivity index (χ2n) is 5.42. The van der Waals surface area contributed by atoms with Crippen LogP contribution in [0.25, 0.3) is 0 Å². The van der Waals surface area contributed by atoms with Crippen molar-refractivity contribution < 1.29 is 19.4 Å². The van der Waals surface area contributed by atoms with Crippen molar-refractivity contribution in [2.45, 2.75) is 12.3 Å². The number of amides is 1. The van der Waals surface area contributed by atoms with E-state index in [0.29, 0.717) is 0 Å². The smallest absolute Gasteiger partial charge is 0.341 e. The number of carbonyl (C=O) groups is 2. The zero-order chi connectivity index (χ0) is 16.4. The van der Waals surface area contributed by atoms with E-state index in [1.807, 2.05) is 12.1 Å². The van der Waals surface area contributed by atoms with Gasteiger partial charge in [-0.3, -0.25) is 9.78 Å². The summed E-state index contributed by atoms with van der Waals surface area (Å²) in [6.07, 6.45) is 4.19. The Balaban J connectivity index is 1.71. The van der Waals surface area contributed by atoms with Gasteiger partial charge in [-0.05, 0) is 36.1 Å². The molecule has 1 heterocycles. The van der Waals surface area contributed by atoms with Gasteiger partial charge >= 0.3 is 5.97 Å². The number of nitrogens with one attached hydrogen (secondary N) is 1. The maximum atomic E-state index is 12.3. The third kappa shape index (κ3) is 3.01. The molecule has 1 aromatic heterocycles. The van der Waals surface area contributed by atoms with Crippen LogP contribution in [0.1, 0.15) is 28.3 Å². The van der Waals surface area contributed by atoms with Crippen molar-refractivity contribution in [2.75, 3.05) is 12.4 Å². The van der Waals surface area contributed by atoms with Crippen LogP contribution in [0.2, 0.25) is 0 Å². The summed E-state index contributed by atoms with van der Waals surface area (Å²) in [6, 6.07) is 8.34. The minimum Gasteiger partial charge on any atom is -0.505 e. The summed E-state index contributed by atoms with van der Waals surface area (Å²) in [6.45, 7) is 0. The molecule has 3 rings (SSSR count). The predicted molar refractivity (Wildman–Crippen MR) is 83.2 cm³/mol. The standard InChI is InChI=1S/C17H16N2O4/c1-23-17(22)11-5-2-6-14(15(11)20)19-16(21)13-8-12(13)10-4-3-7-18-9-10/h2-7,9,12-13,20H,8H2,1H3,(H,19,21)/t12-,13-/m1/s1. The summed E-state index contributed by atoms with van der Waals surface area (Å²) < 4.78 is 4.59. The molecule has 0 bridgehead atoms. The van der Waals surface area contributed by atoms with E-state index in [9.17, 15) is 14.7 Å². The molecule has 2 aromatic rings. The zero-order valence-corrected chi connectivity index (χ0v) is 12.5. The Morgan fingerprint density at radius 3 is 2.83 bits per heavy atom. The van der Waals surface area contributed by atoms with Crippen LogP contribution in [0, 0.1) is 5.92 Å². The van der Waals surface area contributed by atoms with Crippen LogP contribution in [0.3, 0.4) is 0 Å². The number of phenols is 1. The van der Waals surface area contributed by atoms with E-state index in [1.54, 1.807) is 24.5 Å². The number of hydrogen-bond acceptors (Lipinski definition) is 5. The van der Waals surface area contributed by atoms with Crippen LogP contribution < -0.4 is 5.32 Å². The van der Waals surface area contributed by atoms with Gasteiger partial charge in [-0.15, -0.1) is 0 Å². The van der Waals surface area contributed by atoms with Gasteiger partial charge in [0.2, 0.25) is 5.91 Å². The third-order valence-corrected chi connectivity index (χ3v) is 3.94. The molecular formula is C17H16N2O4. The number of ether oxygens (including phenoxy) is 1. The minimum atomic E-state index is -0.654. The first kappa shape index (κ1) is 15.0. The van der Waals surface area contributed by atoms with Crippen molar-refractivity contribution >= 4 is 17.6 Å². The highest BCUT2D eigenvalue weighted by atomic mass is 16.5. The van der Waals surface area contributed by atoms with Gasteiger partial charge in [0, 0.05) is 18.3 Å². The van der Waals surface area contributed by atoms with Gasteiger partial charge in [0.25, 0.3) is 0 Å². The molecule has 23 heavy (non-hydrogen) atoms. The van der Waals surface area contributed by atoms with Gasteiger partial charge in [-0.25, -0.2) is 4.79 Å². The Hall–Kier alpha value is -2.89. The number of esters is 1. The van der Waals surface area contributed by atoms with Gasteiger partial charge in [-0.1, -0.05) is 12.1 Å². The van der Waals surface area contributed by atoms with Crippen LogP contribution >= 0.6 is 0 Å². The molecule has 1 fully saturated rings. The quantitative estimate of drug-likeness (QED) is 0.668. The lowest BCUT2D eigenvalue weighted by Crippen LogP contribution is -2.15. The normalized spacial score (nSPS) is 19.0. The summed E-state index contributed by atoms with van der Waals surface area (Å²) in [4.78, 5) is 27.9. The summed E-state index contributed by atoms with van der Waals surface area (Å²) in [5.74, 6) is -1.13. The first-order valence-corrected chi connectivity index (χ1v) is 7.23. The molecule has 2 N–H and O–H groups in total. The van der Waals surface area contributed by atoms with Crippen molar-refractivity contribution in [3.8, 4) is 5.75 Å². The number of rotatable bonds is 4. The molecule has 6 nitrogen and oxygen atoms in total. The summed E-state index contributed by atoms with van der Waals surface area (Å²) in [7, 11) is 1.23. The molecule has 6 heteroatoms. The van der Waals surface area contributed by atoms with Crippen LogP contribution in [0.5, 0.6) is 5.75 Å². The molecular weight excluding hydrogens is 296 g/mol. The van der Waals surface area contributed by atoms with Gasteiger partial charge < -0.3 is 15.2 Å². The average Bonchev–Trinajstić information content (AvgIpc) is 3.37. The lowest BCUT2D eigenvalue weighted by molar-refractivity contribution is -0.117. The van der Waals surface area contributed by atoms with Crippen molar-refractivity contribution in [1.82, 2.24) is 4.98 Å². The summed E-state index contributed by atoms with van der Waals surface area (Å²) in [5, 5.41) is 12.8. The Labute approximate surface area is 133 Å². The minimum absolute atomic E-state index is 0.0184. The van der Waals surface area contributed by atoms with E-state index in [4.69, 9.17) is 0 Å². The van der Waals surface area contributed by atoms with Crippen LogP contribution in [-0.4, -0.2) is 29.1 Å². The maximum absolute atomic E-state index is 12.3. The van der Waals surface area contributed by atoms with Gasteiger partial charge in [0.1, 0.15) is 5.56 Å². The molecule has 0 saturated heterocycles. The molecule has 2 atom stereocenters. The molecule has 0 unspecified atom stereocenters. The number of benzene rings is 1. The van der Waals surface area contributed by atoms with E-state index < -0.39 is 5.97 Å². The number of para-hydroxylation sites is 1. The van der Waals surface area contributed by atoms with E-state index in [2.05, 4.69) is 15.0 Å². The van der Waals surface area contributed by atoms with Crippen LogP contribution in [0.15, 0.2) is 42.7 Å². The number of aromatic hydroxyl groups is 1. The highest BCUT2D eigenvalue weighted by molar-refractivity contribution is 6.00. The first-order valence-electron chi connectivity index (χ1n) is 7.23. The van der Waals surface area contributed by atoms with Crippen LogP contribution in [0.4, 0.5) is 5.69 Å². The van der Waals surface area contributed by atoms with Crippen molar-refractivity contribution in [3.05, 3.63) is 53.9 Å². The lowest BCUT2D eigenvalue weighted by atomic mass is 10.1. The van der Waals surface area contributed by atoms with Gasteiger partial charge in [0.05, 0.1) is 12.8 Å². The lowest BCUT2D eigenvalue weighted by Gasteiger charge is -2.10. The fraction of sp³-hybridized carbons (Fsp3) is 0.235. The molecule has 1 aliphatic rings. The van der Waals surface area contributed by atoms with Gasteiger partial charge in [-0.2, -0.15) is 0 Å². The Morgan fingerprint density at radius 1 is 1.30 bits per heavy atom. The number of carbonyl (C=O) groups excluding carboxylic acids is 2. The molecule has 1 amide bonds. The highest BCUT2D eigenvalue weighted by Gasteiger charge is 2.44. The molecule has 0 aliphatic heterocycles. The largest absolute Gasteiger partial charge is 0.505 e. The number of hydrogen-bond donors (Lipinski definition) is 2. The fourth-order valence-corrected chi connectivity index (χ4v) is 2.59. The summed E-state index contributed by atoms with van der Waals surface area (Å²) in [5.41, 5.74) is 1.25. The number of nitrogens with zero attached hydrogens (tertiary/aromatic N) is 1. The predicted octanol–water partition coefficient (Wildman–Crippen LogP) is 2.32. The second-order valence-corrected chi connectivity index (χ2v) is 5.42. The Morgan fingerprint density at radius 2 is 2.13 bits per heavy atom. The Bertz CT molecular complexity index is 746. The SMILES string of the molecule is COC(=O)c1cccc(NC(=O)[C@@H]2C[C@@H]2c2cccnc2)c1O. The Kier molecular flexibility index (Phi) is 3.97. The molecule has 1 aliphatic carbocycles. The first-order chi connectivity index (χ1) is 11.1. The van der Waals surface area contributed by atoms with E-state index in [-0.39, 0.29) is 34.7 Å². The van der Waals surface area contributed by atoms with Crippen LogP contribution in [-0.2, 0) is 9.53 Å². The number of methoxy groups -OCH3 is 1. The molecule has 0 radical (unpaired) electrons. The molecule has 1 saturated carbocycles. The van der Waals surface area contributed by atoms with E-state index in [0.717, 1.165) is 12.0 Å². The number of phenolic OH excluding ortho intramolecular Hbond substituents is 1. The van der Waals surface area contributed by atoms with Crippen molar-refractivity contribution in [2.24, 2.45) is 5.92 Å². The third-order valence-electron chi connectivity index (χ3n) is 3.94. The maximum Gasteiger partial charge on any atom is 0.341 e. The van der Waals surface area contributed by atoms with Gasteiger partial charge in [0.15, 0.2) is 5.75 Å². The van der Waals surface area contributed by atoms with E-state index in [1.165, 1.54) is 13.2 Å². The topological polar surface area (TPSA) is 88.5 Å². The zero-order valence-electron chi connectivity index (χ0n) is 12.5. The fourth-order valence-electron chi connectivity index (χ4n) is 2.59. The molecule has 1 aromatic carbocycles. The highest BCUT2D eigenvalue weighted by Crippen LogP contribution is 2.48. The second kappa shape index (κ2) is 6.08. The average molecular weight is 312 g/mol. The molecule has 0 spiro atoms. The summed E-state index contributed by atoms with van der Waals surface area (Å²) >= 11 is 0. The van der Waals surface area contributed by atoms with Crippen molar-refractivity contribution in [1.29, 1.82) is 0 Å². The monoisotopic (exact) mass is 312 g/mol. The number of anilines is 1. The van der Waals surface area contributed by atoms with Crippen molar-refractivity contribution in [3.63, 3.8) is 0 Å².